The van der Waals surface area contributed by atoms with Gasteiger partial charge in [-0.05, 0) is 0 Å². The van der Waals surface area contributed by atoms with E-state index in [4.69, 9.17) is 0 Å². The maximum absolute atomic E-state index is 4.17. The third kappa shape index (κ3) is 41.6. The predicted octanol–water partition coefficient (Wildman–Crippen LogP) is 0.560. The fourth-order valence-electron chi connectivity index (χ4n) is 0. The Hall–Kier alpha value is 1.07. The standard InChI is InChI=1S/CH3O.Al.2ClH/c1-2;;;/h1H3;;2*1H/q-1;+1;;. The molecule has 0 unspecified atom stereocenters. The topological polar surface area (TPSA) is 9.23 Å². The molecule has 0 saturated heterocycles. The number of halogens is 2. The lowest BCUT2D eigenvalue weighted by atomic mass is 11.8. The first kappa shape index (κ1) is 16.6. The molecular weight excluding hydrogens is 126 g/mol. The van der Waals surface area contributed by atoms with Gasteiger partial charge in [-0.25, -0.2) is 0 Å². The van der Waals surface area contributed by atoms with E-state index in [2.05, 4.69) is 20.4 Å². The van der Waals surface area contributed by atoms with Crippen molar-refractivity contribution < 1.29 is 3.79 Å². The molecule has 0 N–H and O–H groups in total. The van der Waals surface area contributed by atoms with Gasteiger partial charge in [0, 0.05) is 7.11 Å². The Bertz CT molecular complexity index is 9.61. The third-order valence-electron chi connectivity index (χ3n) is 0. The molecule has 0 atom stereocenters. The summed E-state index contributed by atoms with van der Waals surface area (Å²) in [6, 6.07) is 0. The summed E-state index contributed by atoms with van der Waals surface area (Å²) >= 11 is 2.08. The Kier molecular flexibility index (Phi) is 64.8. The molecule has 5 heavy (non-hydrogen) atoms. The van der Waals surface area contributed by atoms with Gasteiger partial charge in [0.1, 0.15) is 0 Å². The van der Waals surface area contributed by atoms with E-state index in [0.29, 0.717) is 0 Å². The lowest BCUT2D eigenvalue weighted by Gasteiger charge is -1.63. The summed E-state index contributed by atoms with van der Waals surface area (Å²) in [6.07, 6.45) is 0. The molecule has 2 radical (unpaired) electrons. The molecule has 0 amide bonds. The van der Waals surface area contributed by atoms with Crippen molar-refractivity contribution in [1.29, 1.82) is 0 Å². The second-order valence-electron chi connectivity index (χ2n) is 0.236. The van der Waals surface area contributed by atoms with Crippen molar-refractivity contribution in [2.75, 3.05) is 7.11 Å². The molecule has 0 aromatic rings. The van der Waals surface area contributed by atoms with E-state index in [-0.39, 0.29) is 24.8 Å². The van der Waals surface area contributed by atoms with Crippen molar-refractivity contribution in [2.45, 2.75) is 0 Å². The SMILES string of the molecule is C[O][Al].Cl.Cl. The quantitative estimate of drug-likeness (QED) is 0.436. The molecule has 1 nitrogen and oxygen atoms in total. The Morgan fingerprint density at radius 3 is 1.40 bits per heavy atom. The molecule has 0 bridgehead atoms. The highest BCUT2D eigenvalue weighted by atomic mass is 35.5. The van der Waals surface area contributed by atoms with Crippen LogP contribution >= 0.6 is 24.8 Å². The molecule has 0 saturated carbocycles. The highest BCUT2D eigenvalue weighted by molar-refractivity contribution is 5.97. The van der Waals surface area contributed by atoms with Crippen LogP contribution in [-0.4, -0.2) is 23.7 Å². The summed E-state index contributed by atoms with van der Waals surface area (Å²) in [6.45, 7) is 0. The molecule has 0 rings (SSSR count). The molecule has 0 aliphatic carbocycles. The highest BCUT2D eigenvalue weighted by Gasteiger charge is 1.31. The van der Waals surface area contributed by atoms with Crippen LogP contribution in [0, 0.1) is 0 Å². The monoisotopic (exact) mass is 130 g/mol. The van der Waals surface area contributed by atoms with Crippen molar-refractivity contribution in [3.8, 4) is 0 Å². The van der Waals surface area contributed by atoms with Crippen molar-refractivity contribution in [3.63, 3.8) is 0 Å². The highest BCUT2D eigenvalue weighted by Crippen LogP contribution is 1.24. The van der Waals surface area contributed by atoms with Crippen LogP contribution in [0.4, 0.5) is 0 Å². The van der Waals surface area contributed by atoms with Gasteiger partial charge in [0.05, 0.1) is 0 Å². The fourth-order valence-corrected chi connectivity index (χ4v) is 0. The normalized spacial score (nSPS) is 3.40. The average molecular weight is 131 g/mol. The zero-order valence-electron chi connectivity index (χ0n) is 2.80. The van der Waals surface area contributed by atoms with Crippen molar-refractivity contribution >= 4 is 41.4 Å². The summed E-state index contributed by atoms with van der Waals surface area (Å²) in [4.78, 5) is 0. The summed E-state index contributed by atoms with van der Waals surface area (Å²) in [5.74, 6) is 0. The molecule has 32 valence electrons. The maximum Gasteiger partial charge on any atom is 0.368 e. The summed E-state index contributed by atoms with van der Waals surface area (Å²) in [5.41, 5.74) is 0. The summed E-state index contributed by atoms with van der Waals surface area (Å²) < 4.78 is 4.17. The van der Waals surface area contributed by atoms with E-state index >= 15 is 0 Å². The molecule has 0 fully saturated rings. The molecule has 0 aromatic carbocycles. The van der Waals surface area contributed by atoms with E-state index in [9.17, 15) is 0 Å². The zero-order valence-corrected chi connectivity index (χ0v) is 5.59. The largest absolute Gasteiger partial charge is 0.518 e. The molecule has 0 spiro atoms. The van der Waals surface area contributed by atoms with Crippen LogP contribution in [0.5, 0.6) is 0 Å². The van der Waals surface area contributed by atoms with Gasteiger partial charge in [0.25, 0.3) is 0 Å². The van der Waals surface area contributed by atoms with Gasteiger partial charge in [0.15, 0.2) is 0 Å². The van der Waals surface area contributed by atoms with Gasteiger partial charge in [-0.2, -0.15) is 0 Å². The smallest absolute Gasteiger partial charge is 0.368 e. The van der Waals surface area contributed by atoms with E-state index in [1.54, 1.807) is 7.11 Å². The van der Waals surface area contributed by atoms with Gasteiger partial charge in [-0.1, -0.05) is 0 Å². The second-order valence-corrected chi connectivity index (χ2v) is 0.707. The van der Waals surface area contributed by atoms with Gasteiger partial charge in [-0.15, -0.1) is 24.8 Å². The Labute approximate surface area is 52.7 Å². The molecule has 0 aromatic heterocycles. The molecule has 0 aliphatic heterocycles. The zero-order chi connectivity index (χ0) is 2.71. The fraction of sp³-hybridized carbons (Fsp3) is 1.00. The molecule has 0 heterocycles. The first-order chi connectivity index (χ1) is 1.41. The van der Waals surface area contributed by atoms with Crippen molar-refractivity contribution in [2.24, 2.45) is 0 Å². The van der Waals surface area contributed by atoms with Crippen LogP contribution in [-0.2, 0) is 3.79 Å². The van der Waals surface area contributed by atoms with Crippen LogP contribution in [0.1, 0.15) is 0 Å². The van der Waals surface area contributed by atoms with E-state index < -0.39 is 0 Å². The van der Waals surface area contributed by atoms with Crippen LogP contribution in [0.2, 0.25) is 0 Å². The van der Waals surface area contributed by atoms with Gasteiger partial charge in [0.2, 0.25) is 0 Å². The Morgan fingerprint density at radius 2 is 1.40 bits per heavy atom. The van der Waals surface area contributed by atoms with Crippen molar-refractivity contribution in [1.82, 2.24) is 0 Å². The van der Waals surface area contributed by atoms with Gasteiger partial charge < -0.3 is 3.79 Å². The van der Waals surface area contributed by atoms with Crippen LogP contribution in [0.25, 0.3) is 0 Å². The molecule has 0 aliphatic rings. The first-order valence-electron chi connectivity index (χ1n) is 0.644. The van der Waals surface area contributed by atoms with E-state index in [1.165, 1.54) is 0 Å². The first-order valence-corrected chi connectivity index (χ1v) is 1.12. The maximum atomic E-state index is 4.17. The summed E-state index contributed by atoms with van der Waals surface area (Å²) in [7, 11) is 1.59. The minimum Gasteiger partial charge on any atom is -0.518 e. The predicted molar refractivity (Wildman–Crippen MR) is 27.3 cm³/mol. The minimum absolute atomic E-state index is 0. The number of rotatable bonds is 0. The second kappa shape index (κ2) is 19.6. The lowest BCUT2D eigenvalue weighted by Crippen LogP contribution is -1.60. The Morgan fingerprint density at radius 1 is 1.40 bits per heavy atom. The lowest BCUT2D eigenvalue weighted by molar-refractivity contribution is 0.460. The van der Waals surface area contributed by atoms with Gasteiger partial charge in [-0.3, -0.25) is 0 Å². The molecule has 4 heteroatoms. The third-order valence-corrected chi connectivity index (χ3v) is 0. The Balaban J connectivity index is -0.0000000200. The van der Waals surface area contributed by atoms with Crippen molar-refractivity contribution in [3.05, 3.63) is 0 Å². The van der Waals surface area contributed by atoms with Crippen LogP contribution in [0.3, 0.4) is 0 Å². The van der Waals surface area contributed by atoms with Crippen LogP contribution in [0.15, 0.2) is 0 Å². The number of hydrogen-bond acceptors (Lipinski definition) is 1. The van der Waals surface area contributed by atoms with E-state index in [0.717, 1.165) is 0 Å². The number of hydrogen-bond donors (Lipinski definition) is 0. The molecular formula is CH5AlCl2O. The van der Waals surface area contributed by atoms with Crippen LogP contribution < -0.4 is 0 Å². The summed E-state index contributed by atoms with van der Waals surface area (Å²) in [5, 5.41) is 0. The minimum atomic E-state index is 0. The average Bonchev–Trinajstić information content (AvgIpc) is 0.918. The van der Waals surface area contributed by atoms with E-state index in [1.807, 2.05) is 0 Å². The van der Waals surface area contributed by atoms with Gasteiger partial charge >= 0.3 is 16.6 Å².